The predicted molar refractivity (Wildman–Crippen MR) is 74.3 cm³/mol. The van der Waals surface area contributed by atoms with Crippen LogP contribution in [0.5, 0.6) is 0 Å². The van der Waals surface area contributed by atoms with E-state index in [1.54, 1.807) is 0 Å². The van der Waals surface area contributed by atoms with Crippen LogP contribution >= 0.6 is 0 Å². The van der Waals surface area contributed by atoms with Gasteiger partial charge in [0, 0.05) is 0 Å². The first-order valence-corrected chi connectivity index (χ1v) is 8.69. The van der Waals surface area contributed by atoms with Gasteiger partial charge in [-0.05, 0) is 0 Å². The molecule has 21 heavy (non-hydrogen) atoms. The third kappa shape index (κ3) is 4.53. The molecule has 0 aromatic carbocycles. The summed E-state index contributed by atoms with van der Waals surface area (Å²) in [4.78, 5) is 22.5. The summed E-state index contributed by atoms with van der Waals surface area (Å²) in [5.74, 6) is -0.788. The Hall–Kier alpha value is -0.906. The number of carbonyl (C=O) groups excluding carboxylic acids is 2. The summed E-state index contributed by atoms with van der Waals surface area (Å²) in [7, 11) is 0.750. The molecule has 0 heterocycles. The van der Waals surface area contributed by atoms with Gasteiger partial charge in [-0.2, -0.15) is 7.11 Å². The Kier molecular flexibility index (Phi) is 7.58. The van der Waals surface area contributed by atoms with Crippen LogP contribution in [0.1, 0.15) is 48.5 Å². The van der Waals surface area contributed by atoms with Crippen LogP contribution in [-0.2, 0) is 34.9 Å². The predicted octanol–water partition coefficient (Wildman–Crippen LogP) is 2.19. The van der Waals surface area contributed by atoms with Crippen molar-refractivity contribution in [3.8, 4) is 0 Å². The molecule has 118 valence electrons. The number of hydrogen-bond acceptors (Lipinski definition) is 5. The molecule has 0 aliphatic heterocycles. The van der Waals surface area contributed by atoms with Crippen LogP contribution in [0.25, 0.3) is 0 Å². The van der Waals surface area contributed by atoms with Crippen LogP contribution in [0.15, 0.2) is 20.6 Å². The monoisotopic (exact) mass is 332 g/mol. The van der Waals surface area contributed by atoms with E-state index in [4.69, 9.17) is 11.7 Å². The van der Waals surface area contributed by atoms with Gasteiger partial charge in [0.15, 0.2) is 0 Å². The summed E-state index contributed by atoms with van der Waals surface area (Å²) in [5.41, 5.74) is 3.32. The molecule has 0 N–H and O–H groups in total. The molecular weight excluding hydrogens is 308 g/mol. The third-order valence-electron chi connectivity index (χ3n) is 3.74. The van der Waals surface area contributed by atoms with E-state index in [2.05, 4.69) is 27.7 Å². The maximum Gasteiger partial charge on any atom is -0.153 e. The fourth-order valence-corrected chi connectivity index (χ4v) is 5.45. The Morgan fingerprint density at radius 2 is 1.33 bits per heavy atom. The van der Waals surface area contributed by atoms with Gasteiger partial charge < -0.3 is 5.11 Å². The minimum absolute atomic E-state index is 0.214. The molecular formula is C15H24O5Ti. The fourth-order valence-electron chi connectivity index (χ4n) is 2.39. The van der Waals surface area contributed by atoms with Gasteiger partial charge >= 0.3 is 121 Å². The maximum absolute atomic E-state index is 11.3. The van der Waals surface area contributed by atoms with E-state index in [0.717, 1.165) is 16.6 Å². The minimum Gasteiger partial charge on any atom is -0.857 e. The second kappa shape index (κ2) is 7.92. The molecule has 6 heteroatoms. The van der Waals surface area contributed by atoms with Crippen LogP contribution in [-0.4, -0.2) is 19.0 Å². The molecule has 0 atom stereocenters. The summed E-state index contributed by atoms with van der Waals surface area (Å²) < 4.78 is 11.7. The van der Waals surface area contributed by atoms with Crippen molar-refractivity contribution in [3.05, 3.63) is 20.6 Å². The quantitative estimate of drug-likeness (QED) is 0.741. The molecule has 1 aliphatic rings. The first-order valence-electron chi connectivity index (χ1n) is 6.63. The van der Waals surface area contributed by atoms with E-state index < -0.39 is 30.6 Å². The Morgan fingerprint density at radius 3 is 1.57 bits per heavy atom. The zero-order valence-corrected chi connectivity index (χ0v) is 15.6. The Labute approximate surface area is 133 Å². The van der Waals surface area contributed by atoms with Crippen LogP contribution < -0.4 is 5.11 Å². The summed E-state index contributed by atoms with van der Waals surface area (Å²) in [5, 5.41) is 8.25. The van der Waals surface area contributed by atoms with Gasteiger partial charge in [0.1, 0.15) is 0 Å². The molecule has 0 radical (unpaired) electrons. The maximum atomic E-state index is 11.3. The second-order valence-electron chi connectivity index (χ2n) is 5.35. The van der Waals surface area contributed by atoms with Crippen molar-refractivity contribution in [3.63, 3.8) is 0 Å². The number of allylic oxidation sites excluding steroid dienone is 4. The van der Waals surface area contributed by atoms with Crippen molar-refractivity contribution < 1.29 is 40.0 Å². The molecule has 0 saturated heterocycles. The summed E-state index contributed by atoms with van der Waals surface area (Å²) in [6, 6.07) is 0. The normalized spacial score (nSPS) is 16.2. The molecule has 0 fully saturated rings. The van der Waals surface area contributed by atoms with Crippen molar-refractivity contribution in [1.82, 2.24) is 0 Å². The van der Waals surface area contributed by atoms with Crippen molar-refractivity contribution >= 4 is 11.9 Å². The zero-order valence-electron chi connectivity index (χ0n) is 14.0. The average molecular weight is 332 g/mol. The van der Waals surface area contributed by atoms with E-state index in [0.29, 0.717) is 0 Å². The number of hydrogen-bond donors (Lipinski definition) is 0. The van der Waals surface area contributed by atoms with Gasteiger partial charge in [-0.1, -0.05) is 0 Å². The third-order valence-corrected chi connectivity index (χ3v) is 7.42. The average Bonchev–Trinajstić information content (AvgIpc) is 2.51. The van der Waals surface area contributed by atoms with E-state index in [1.165, 1.54) is 25.0 Å². The first-order chi connectivity index (χ1) is 9.59. The van der Waals surface area contributed by atoms with Crippen LogP contribution in [0, 0.1) is 5.41 Å². The topological polar surface area (TPSA) is 75.7 Å². The van der Waals surface area contributed by atoms with Gasteiger partial charge in [-0.3, -0.25) is 0 Å². The number of carbonyl (C=O) groups is 2. The van der Waals surface area contributed by atoms with E-state index >= 15 is 0 Å². The van der Waals surface area contributed by atoms with Gasteiger partial charge in [-0.25, -0.2) is 0 Å². The summed E-state index contributed by atoms with van der Waals surface area (Å²) >= 11 is -2.84. The second-order valence-corrected chi connectivity index (χ2v) is 7.67. The molecule has 0 spiro atoms. The largest absolute Gasteiger partial charge is 0.857 e. The standard InChI is InChI=1S/C10H15.2C2H4O2.CH3O.Ti/c1-7-6-10(4,5)9(3)8(7)2;2*1-2(3)4;1-2;/h1-5H3;2*1H3,(H,3,4);1H3;/q;;;-1;+3/p-2. The van der Waals surface area contributed by atoms with E-state index in [1.807, 2.05) is 6.92 Å². The van der Waals surface area contributed by atoms with Crippen LogP contribution in [0.4, 0.5) is 0 Å². The Bertz CT molecular complexity index is 472. The Morgan fingerprint density at radius 1 is 0.952 bits per heavy atom. The van der Waals surface area contributed by atoms with Gasteiger partial charge in [-0.15, -0.1) is 0 Å². The number of rotatable bonds is 3. The molecule has 5 nitrogen and oxygen atoms in total. The summed E-state index contributed by atoms with van der Waals surface area (Å²) in [6.07, 6.45) is 0. The van der Waals surface area contributed by atoms with Crippen molar-refractivity contribution in [2.24, 2.45) is 5.41 Å². The molecule has 0 saturated carbocycles. The van der Waals surface area contributed by atoms with Crippen LogP contribution in [0.3, 0.4) is 0 Å². The van der Waals surface area contributed by atoms with Crippen molar-refractivity contribution in [2.45, 2.75) is 48.5 Å². The molecule has 0 unspecified atom stereocenters. The van der Waals surface area contributed by atoms with Crippen LogP contribution in [0.2, 0.25) is 0 Å². The first kappa shape index (κ1) is 20.1. The van der Waals surface area contributed by atoms with E-state index in [9.17, 15) is 9.59 Å². The molecule has 0 bridgehead atoms. The smallest absolute Gasteiger partial charge is 0.153 e. The summed E-state index contributed by atoms with van der Waals surface area (Å²) in [6.45, 7) is 13.0. The van der Waals surface area contributed by atoms with Crippen molar-refractivity contribution in [2.75, 3.05) is 7.11 Å². The molecule has 1 rings (SSSR count). The fraction of sp³-hybridized carbons (Fsp3) is 0.600. The molecule has 0 aromatic rings. The Balaban J connectivity index is 0.00000191. The molecule has 0 aromatic heterocycles. The zero-order chi connectivity index (χ0) is 17.0. The molecule has 1 aliphatic carbocycles. The van der Waals surface area contributed by atoms with Gasteiger partial charge in [0.05, 0.1) is 0 Å². The molecule has 0 amide bonds. The minimum atomic E-state index is -2.84. The van der Waals surface area contributed by atoms with Gasteiger partial charge in [0.2, 0.25) is 0 Å². The van der Waals surface area contributed by atoms with E-state index in [-0.39, 0.29) is 5.41 Å². The van der Waals surface area contributed by atoms with Crippen molar-refractivity contribution in [1.29, 1.82) is 0 Å². The SMILES string of the molecule is CC(=O)[O][Ti+]([O]C(C)=O)[C]1=C(C)C(C)=C(C)C1(C)C.C[O-]. The van der Waals surface area contributed by atoms with Gasteiger partial charge in [0.25, 0.3) is 0 Å².